The molecular formula is C18H24N2O3. The summed E-state index contributed by atoms with van der Waals surface area (Å²) in [5.74, 6) is 0.126. The summed E-state index contributed by atoms with van der Waals surface area (Å²) in [6, 6.07) is 5.93. The normalized spacial score (nSPS) is 20.0. The van der Waals surface area contributed by atoms with Crippen LogP contribution in [0, 0.1) is 0 Å². The number of rotatable bonds is 4. The zero-order valence-corrected chi connectivity index (χ0v) is 13.6. The topological polar surface area (TPSA) is 60.9 Å². The van der Waals surface area contributed by atoms with E-state index >= 15 is 0 Å². The van der Waals surface area contributed by atoms with E-state index in [2.05, 4.69) is 0 Å². The molecule has 1 unspecified atom stereocenters. The molecule has 0 radical (unpaired) electrons. The fourth-order valence-corrected chi connectivity index (χ4v) is 3.76. The van der Waals surface area contributed by atoms with Gasteiger partial charge in [-0.1, -0.05) is 0 Å². The molecule has 1 fully saturated rings. The van der Waals surface area contributed by atoms with E-state index < -0.39 is 0 Å². The van der Waals surface area contributed by atoms with Crippen LogP contribution in [-0.2, 0) is 11.2 Å². The highest BCUT2D eigenvalue weighted by molar-refractivity contribution is 5.98. The second kappa shape index (κ2) is 6.71. The van der Waals surface area contributed by atoms with Crippen LogP contribution in [-0.4, -0.2) is 47.6 Å². The number of carbonyl (C=O) groups excluding carboxylic acids is 2. The second-order valence-electron chi connectivity index (χ2n) is 6.42. The molecule has 0 aliphatic carbocycles. The molecule has 1 aromatic rings. The lowest BCUT2D eigenvalue weighted by atomic mass is 10.1. The van der Waals surface area contributed by atoms with Gasteiger partial charge >= 0.3 is 0 Å². The molecule has 1 N–H and O–H groups in total. The molecule has 1 saturated heterocycles. The van der Waals surface area contributed by atoms with E-state index in [0.29, 0.717) is 12.1 Å². The Morgan fingerprint density at radius 3 is 2.87 bits per heavy atom. The van der Waals surface area contributed by atoms with Crippen molar-refractivity contribution in [2.75, 3.05) is 24.6 Å². The van der Waals surface area contributed by atoms with Crippen molar-refractivity contribution in [3.63, 3.8) is 0 Å². The molecule has 2 heterocycles. The van der Waals surface area contributed by atoms with Crippen molar-refractivity contribution in [2.45, 2.75) is 45.1 Å². The molecule has 2 aliphatic rings. The lowest BCUT2D eigenvalue weighted by Gasteiger charge is -2.25. The number of fused-ring (bicyclic) bond motifs is 1. The molecular weight excluding hydrogens is 292 g/mol. The summed E-state index contributed by atoms with van der Waals surface area (Å²) in [6.07, 6.45) is 4.47. The van der Waals surface area contributed by atoms with Gasteiger partial charge in [0.25, 0.3) is 5.91 Å². The van der Waals surface area contributed by atoms with E-state index in [1.807, 2.05) is 23.1 Å². The van der Waals surface area contributed by atoms with Gasteiger partial charge in [0.15, 0.2) is 0 Å². The lowest BCUT2D eigenvalue weighted by Crippen LogP contribution is -2.35. The fourth-order valence-electron chi connectivity index (χ4n) is 3.76. The highest BCUT2D eigenvalue weighted by Gasteiger charge is 2.30. The summed E-state index contributed by atoms with van der Waals surface area (Å²) in [4.78, 5) is 28.1. The van der Waals surface area contributed by atoms with Crippen molar-refractivity contribution in [3.8, 4) is 0 Å². The zero-order valence-electron chi connectivity index (χ0n) is 13.6. The van der Waals surface area contributed by atoms with E-state index in [1.165, 1.54) is 0 Å². The maximum Gasteiger partial charge on any atom is 0.254 e. The molecule has 0 aromatic heterocycles. The molecule has 2 amide bonds. The maximum atomic E-state index is 12.8. The van der Waals surface area contributed by atoms with Crippen LogP contribution in [0.4, 0.5) is 5.69 Å². The van der Waals surface area contributed by atoms with Crippen molar-refractivity contribution in [1.29, 1.82) is 0 Å². The Balaban J connectivity index is 1.77. The number of benzene rings is 1. The molecule has 0 spiro atoms. The Morgan fingerprint density at radius 2 is 2.13 bits per heavy atom. The van der Waals surface area contributed by atoms with Gasteiger partial charge in [-0.05, 0) is 55.9 Å². The van der Waals surface area contributed by atoms with Crippen LogP contribution in [0.2, 0.25) is 0 Å². The first kappa shape index (κ1) is 16.0. The summed E-state index contributed by atoms with van der Waals surface area (Å²) >= 11 is 0. The van der Waals surface area contributed by atoms with Crippen LogP contribution in [0.5, 0.6) is 0 Å². The molecule has 2 aliphatic heterocycles. The summed E-state index contributed by atoms with van der Waals surface area (Å²) in [5, 5.41) is 9.01. The van der Waals surface area contributed by atoms with Gasteiger partial charge in [0.1, 0.15) is 0 Å². The monoisotopic (exact) mass is 316 g/mol. The Hall–Kier alpha value is -1.88. The van der Waals surface area contributed by atoms with Crippen LogP contribution < -0.4 is 4.90 Å². The minimum Gasteiger partial charge on any atom is -0.396 e. The van der Waals surface area contributed by atoms with Crippen molar-refractivity contribution in [3.05, 3.63) is 29.3 Å². The highest BCUT2D eigenvalue weighted by atomic mass is 16.3. The van der Waals surface area contributed by atoms with Crippen molar-refractivity contribution in [2.24, 2.45) is 0 Å². The number of aliphatic hydroxyl groups excluding tert-OH is 1. The summed E-state index contributed by atoms with van der Waals surface area (Å²) < 4.78 is 0. The molecule has 1 aromatic carbocycles. The van der Waals surface area contributed by atoms with Gasteiger partial charge in [0, 0.05) is 43.9 Å². The van der Waals surface area contributed by atoms with Gasteiger partial charge in [-0.15, -0.1) is 0 Å². The van der Waals surface area contributed by atoms with Crippen molar-refractivity contribution >= 4 is 17.5 Å². The summed E-state index contributed by atoms with van der Waals surface area (Å²) in [5.41, 5.74) is 2.73. The standard InChI is InChI=1S/C18H24N2O3/c1-13(22)19-10-8-14-12-15(6-7-17(14)19)18(23)20-9-2-4-16(20)5-3-11-21/h6-7,12,16,21H,2-5,8-11H2,1H3. The van der Waals surface area contributed by atoms with Gasteiger partial charge in [0.2, 0.25) is 5.91 Å². The summed E-state index contributed by atoms with van der Waals surface area (Å²) in [7, 11) is 0. The number of aliphatic hydroxyl groups is 1. The van der Waals surface area contributed by atoms with Crippen molar-refractivity contribution < 1.29 is 14.7 Å². The quantitative estimate of drug-likeness (QED) is 0.924. The van der Waals surface area contributed by atoms with E-state index in [9.17, 15) is 9.59 Å². The molecule has 5 heteroatoms. The first-order valence-electron chi connectivity index (χ1n) is 8.44. The third kappa shape index (κ3) is 3.11. The molecule has 0 bridgehead atoms. The Kier molecular flexibility index (Phi) is 4.66. The molecule has 23 heavy (non-hydrogen) atoms. The maximum absolute atomic E-state index is 12.8. The summed E-state index contributed by atoms with van der Waals surface area (Å²) in [6.45, 7) is 3.25. The number of nitrogens with zero attached hydrogens (tertiary/aromatic N) is 2. The first-order valence-corrected chi connectivity index (χ1v) is 8.44. The van der Waals surface area contributed by atoms with Gasteiger partial charge in [-0.2, -0.15) is 0 Å². The average molecular weight is 316 g/mol. The SMILES string of the molecule is CC(=O)N1CCc2cc(C(=O)N3CCCC3CCCO)ccc21. The van der Waals surface area contributed by atoms with Gasteiger partial charge < -0.3 is 14.9 Å². The minimum atomic E-state index is 0.0476. The zero-order chi connectivity index (χ0) is 16.4. The Labute approximate surface area is 136 Å². The smallest absolute Gasteiger partial charge is 0.254 e. The average Bonchev–Trinajstić information content (AvgIpc) is 3.17. The van der Waals surface area contributed by atoms with Crippen LogP contribution in [0.25, 0.3) is 0 Å². The third-order valence-electron chi connectivity index (χ3n) is 4.94. The Morgan fingerprint density at radius 1 is 1.30 bits per heavy atom. The van der Waals surface area contributed by atoms with E-state index in [0.717, 1.165) is 49.9 Å². The number of hydrogen-bond donors (Lipinski definition) is 1. The number of hydrogen-bond acceptors (Lipinski definition) is 3. The second-order valence-corrected chi connectivity index (χ2v) is 6.42. The molecule has 3 rings (SSSR count). The molecule has 5 nitrogen and oxygen atoms in total. The lowest BCUT2D eigenvalue weighted by molar-refractivity contribution is -0.116. The number of likely N-dealkylation sites (tertiary alicyclic amines) is 1. The van der Waals surface area contributed by atoms with Gasteiger partial charge in [-0.25, -0.2) is 0 Å². The van der Waals surface area contributed by atoms with Crippen LogP contribution >= 0.6 is 0 Å². The third-order valence-corrected chi connectivity index (χ3v) is 4.94. The van der Waals surface area contributed by atoms with Gasteiger partial charge in [0.05, 0.1) is 0 Å². The van der Waals surface area contributed by atoms with E-state index in [1.54, 1.807) is 11.8 Å². The number of carbonyl (C=O) groups is 2. The first-order chi connectivity index (χ1) is 11.1. The Bertz CT molecular complexity index is 614. The molecule has 0 saturated carbocycles. The van der Waals surface area contributed by atoms with Gasteiger partial charge in [-0.3, -0.25) is 9.59 Å². The highest BCUT2D eigenvalue weighted by Crippen LogP contribution is 2.30. The predicted molar refractivity (Wildman–Crippen MR) is 88.6 cm³/mol. The predicted octanol–water partition coefficient (Wildman–Crippen LogP) is 1.97. The fraction of sp³-hybridized carbons (Fsp3) is 0.556. The van der Waals surface area contributed by atoms with Crippen LogP contribution in [0.1, 0.15) is 48.5 Å². The minimum absolute atomic E-state index is 0.0476. The molecule has 124 valence electrons. The van der Waals surface area contributed by atoms with Crippen LogP contribution in [0.15, 0.2) is 18.2 Å². The number of anilines is 1. The van der Waals surface area contributed by atoms with Crippen molar-refractivity contribution in [1.82, 2.24) is 4.90 Å². The molecule has 1 atom stereocenters. The van der Waals surface area contributed by atoms with E-state index in [4.69, 9.17) is 5.11 Å². The largest absolute Gasteiger partial charge is 0.396 e. The van der Waals surface area contributed by atoms with E-state index in [-0.39, 0.29) is 24.5 Å². The number of amides is 2. The van der Waals surface area contributed by atoms with Crippen LogP contribution in [0.3, 0.4) is 0 Å².